The number of pyridine rings is 1. The van der Waals surface area contributed by atoms with Crippen LogP contribution in [0.15, 0.2) is 24.4 Å². The molecule has 1 aliphatic rings. The summed E-state index contributed by atoms with van der Waals surface area (Å²) in [6.07, 6.45) is 5.00. The molecule has 0 radical (unpaired) electrons. The van der Waals surface area contributed by atoms with E-state index in [1.54, 1.807) is 6.20 Å². The molecule has 0 unspecified atom stereocenters. The Hall–Kier alpha value is -2.15. The summed E-state index contributed by atoms with van der Waals surface area (Å²) in [5.41, 5.74) is 4.35. The molecule has 0 bridgehead atoms. The molecule has 0 fully saturated rings. The van der Waals surface area contributed by atoms with Gasteiger partial charge in [-0.1, -0.05) is 6.07 Å². The summed E-state index contributed by atoms with van der Waals surface area (Å²) < 4.78 is 1.83. The molecule has 4 heteroatoms. The van der Waals surface area contributed by atoms with Gasteiger partial charge in [-0.15, -0.1) is 0 Å². The van der Waals surface area contributed by atoms with Gasteiger partial charge in [0.15, 0.2) is 0 Å². The molecule has 84 valence electrons. The first-order valence-corrected chi connectivity index (χ1v) is 5.77. The van der Waals surface area contributed by atoms with Gasteiger partial charge in [0.1, 0.15) is 12.2 Å². The van der Waals surface area contributed by atoms with Crippen LogP contribution in [0.3, 0.4) is 0 Å². The molecule has 0 saturated carbocycles. The highest BCUT2D eigenvalue weighted by Gasteiger charge is 2.23. The third-order valence-electron chi connectivity index (χ3n) is 3.13. The molecule has 0 saturated heterocycles. The Morgan fingerprint density at radius 3 is 3.06 bits per heavy atom. The van der Waals surface area contributed by atoms with Gasteiger partial charge in [0.25, 0.3) is 0 Å². The van der Waals surface area contributed by atoms with Crippen LogP contribution in [0.25, 0.3) is 11.4 Å². The van der Waals surface area contributed by atoms with E-state index in [4.69, 9.17) is 5.26 Å². The Morgan fingerprint density at radius 1 is 1.35 bits per heavy atom. The topological polar surface area (TPSA) is 54.5 Å². The molecule has 1 aliphatic carbocycles. The summed E-state index contributed by atoms with van der Waals surface area (Å²) in [5.74, 6) is 0. The zero-order chi connectivity index (χ0) is 11.7. The smallest absolute Gasteiger partial charge is 0.128 e. The number of hydrogen-bond donors (Lipinski definition) is 0. The van der Waals surface area contributed by atoms with Gasteiger partial charge in [-0.05, 0) is 31.4 Å². The highest BCUT2D eigenvalue weighted by Crippen LogP contribution is 2.30. The van der Waals surface area contributed by atoms with Crippen LogP contribution in [0.1, 0.15) is 17.7 Å². The molecule has 2 aromatic rings. The monoisotopic (exact) mass is 224 g/mol. The zero-order valence-electron chi connectivity index (χ0n) is 9.43. The number of rotatable bonds is 2. The van der Waals surface area contributed by atoms with Crippen molar-refractivity contribution >= 4 is 0 Å². The van der Waals surface area contributed by atoms with Crippen LogP contribution in [-0.2, 0) is 19.4 Å². The van der Waals surface area contributed by atoms with Crippen LogP contribution in [0, 0.1) is 11.3 Å². The third-order valence-corrected chi connectivity index (χ3v) is 3.13. The van der Waals surface area contributed by atoms with E-state index >= 15 is 0 Å². The van der Waals surface area contributed by atoms with E-state index in [9.17, 15) is 0 Å². The Bertz CT molecular complexity index is 577. The number of nitriles is 1. The summed E-state index contributed by atoms with van der Waals surface area (Å²) in [5, 5.41) is 13.3. The van der Waals surface area contributed by atoms with Crippen molar-refractivity contribution in [1.29, 1.82) is 5.26 Å². The number of fused-ring (bicyclic) bond motifs is 1. The predicted octanol–water partition coefficient (Wildman–Crippen LogP) is 1.96. The zero-order valence-corrected chi connectivity index (χ0v) is 9.43. The van der Waals surface area contributed by atoms with Crippen LogP contribution in [0.4, 0.5) is 0 Å². The molecule has 0 aromatic carbocycles. The van der Waals surface area contributed by atoms with Crippen molar-refractivity contribution in [2.75, 3.05) is 0 Å². The lowest BCUT2D eigenvalue weighted by Gasteiger charge is -1.98. The Labute approximate surface area is 99.5 Å². The summed E-state index contributed by atoms with van der Waals surface area (Å²) in [4.78, 5) is 4.34. The largest absolute Gasteiger partial charge is 0.255 e. The van der Waals surface area contributed by atoms with Crippen molar-refractivity contribution in [3.05, 3.63) is 35.7 Å². The third kappa shape index (κ3) is 1.60. The van der Waals surface area contributed by atoms with E-state index in [2.05, 4.69) is 16.2 Å². The minimum Gasteiger partial charge on any atom is -0.255 e. The first-order chi connectivity index (χ1) is 8.40. The molecule has 2 heterocycles. The van der Waals surface area contributed by atoms with E-state index in [0.717, 1.165) is 30.7 Å². The van der Waals surface area contributed by atoms with Crippen molar-refractivity contribution in [2.24, 2.45) is 0 Å². The van der Waals surface area contributed by atoms with Crippen molar-refractivity contribution < 1.29 is 0 Å². The molecule has 0 N–H and O–H groups in total. The lowest BCUT2D eigenvalue weighted by atomic mass is 10.1. The van der Waals surface area contributed by atoms with Gasteiger partial charge in [-0.3, -0.25) is 9.67 Å². The van der Waals surface area contributed by atoms with E-state index in [-0.39, 0.29) is 0 Å². The molecule has 0 atom stereocenters. The van der Waals surface area contributed by atoms with Gasteiger partial charge in [-0.25, -0.2) is 0 Å². The van der Waals surface area contributed by atoms with E-state index < -0.39 is 0 Å². The Balaban J connectivity index is 2.13. The summed E-state index contributed by atoms with van der Waals surface area (Å²) in [6, 6.07) is 7.99. The summed E-state index contributed by atoms with van der Waals surface area (Å²) in [7, 11) is 0. The van der Waals surface area contributed by atoms with Gasteiger partial charge in [-0.2, -0.15) is 10.4 Å². The first-order valence-electron chi connectivity index (χ1n) is 5.77. The molecule has 0 amide bonds. The molecule has 0 aliphatic heterocycles. The summed E-state index contributed by atoms with van der Waals surface area (Å²) in [6.45, 7) is 0.329. The van der Waals surface area contributed by atoms with Gasteiger partial charge < -0.3 is 0 Å². The quantitative estimate of drug-likeness (QED) is 0.783. The fourth-order valence-corrected chi connectivity index (χ4v) is 2.42. The molecule has 0 spiro atoms. The number of aromatic nitrogens is 3. The number of nitrogens with zero attached hydrogens (tertiary/aromatic N) is 4. The second kappa shape index (κ2) is 4.02. The molecular formula is C13H12N4. The van der Waals surface area contributed by atoms with E-state index in [1.165, 1.54) is 11.3 Å². The maximum Gasteiger partial charge on any atom is 0.128 e. The molecular weight excluding hydrogens is 212 g/mol. The molecule has 2 aromatic heterocycles. The standard InChI is InChI=1S/C13H12N4/c14-7-9-17-12-6-3-4-10(12)13(16-17)11-5-1-2-8-15-11/h1-2,5,8H,3-4,6,9H2. The average Bonchev–Trinajstić information content (AvgIpc) is 2.94. The fraction of sp³-hybridized carbons (Fsp3) is 0.308. The van der Waals surface area contributed by atoms with Gasteiger partial charge in [0.2, 0.25) is 0 Å². The Morgan fingerprint density at radius 2 is 2.29 bits per heavy atom. The van der Waals surface area contributed by atoms with Crippen molar-refractivity contribution in [2.45, 2.75) is 25.8 Å². The predicted molar refractivity (Wildman–Crippen MR) is 63.1 cm³/mol. The van der Waals surface area contributed by atoms with Gasteiger partial charge >= 0.3 is 0 Å². The maximum atomic E-state index is 8.80. The first kappa shape index (κ1) is 10.0. The van der Waals surface area contributed by atoms with Crippen LogP contribution < -0.4 is 0 Å². The van der Waals surface area contributed by atoms with Crippen LogP contribution in [0.2, 0.25) is 0 Å². The van der Waals surface area contributed by atoms with Gasteiger partial charge in [0.05, 0.1) is 11.8 Å². The molecule has 4 nitrogen and oxygen atoms in total. The second-order valence-electron chi connectivity index (χ2n) is 4.16. The Kier molecular flexibility index (Phi) is 2.37. The lowest BCUT2D eigenvalue weighted by molar-refractivity contribution is 0.664. The normalized spacial score (nSPS) is 13.4. The molecule has 3 rings (SSSR count). The average molecular weight is 224 g/mol. The number of hydrogen-bond acceptors (Lipinski definition) is 3. The summed E-state index contributed by atoms with van der Waals surface area (Å²) >= 11 is 0. The fourth-order valence-electron chi connectivity index (χ4n) is 2.42. The highest BCUT2D eigenvalue weighted by atomic mass is 15.3. The van der Waals surface area contributed by atoms with Crippen LogP contribution in [0.5, 0.6) is 0 Å². The second-order valence-corrected chi connectivity index (χ2v) is 4.16. The van der Waals surface area contributed by atoms with E-state index in [0.29, 0.717) is 6.54 Å². The molecule has 17 heavy (non-hydrogen) atoms. The van der Waals surface area contributed by atoms with Gasteiger partial charge in [0, 0.05) is 17.5 Å². The maximum absolute atomic E-state index is 8.80. The van der Waals surface area contributed by atoms with Crippen molar-refractivity contribution in [3.63, 3.8) is 0 Å². The van der Waals surface area contributed by atoms with Crippen molar-refractivity contribution in [1.82, 2.24) is 14.8 Å². The van der Waals surface area contributed by atoms with E-state index in [1.807, 2.05) is 22.9 Å². The minimum atomic E-state index is 0.329. The highest BCUT2D eigenvalue weighted by molar-refractivity contribution is 5.61. The van der Waals surface area contributed by atoms with Crippen LogP contribution in [-0.4, -0.2) is 14.8 Å². The van der Waals surface area contributed by atoms with Crippen LogP contribution >= 0.6 is 0 Å². The lowest BCUT2D eigenvalue weighted by Crippen LogP contribution is -2.02. The van der Waals surface area contributed by atoms with Crippen molar-refractivity contribution in [3.8, 4) is 17.5 Å². The minimum absolute atomic E-state index is 0.329. The SMILES string of the molecule is N#CCn1nc(-c2ccccn2)c2c1CCC2.